The van der Waals surface area contributed by atoms with Crippen LogP contribution in [0.5, 0.6) is 0 Å². The average Bonchev–Trinajstić information content (AvgIpc) is 2.48. The second-order valence-electron chi connectivity index (χ2n) is 5.49. The third-order valence-electron chi connectivity index (χ3n) is 4.37. The van der Waals surface area contributed by atoms with Crippen LogP contribution < -0.4 is 5.32 Å². The molecule has 2 rings (SSSR count). The molecule has 2 heteroatoms. The summed E-state index contributed by atoms with van der Waals surface area (Å²) in [4.78, 5) is 0. The molecule has 1 saturated heterocycles. The summed E-state index contributed by atoms with van der Waals surface area (Å²) < 4.78 is 6.21. The largest absolute Gasteiger partial charge is 0.370 e. The lowest BCUT2D eigenvalue weighted by Gasteiger charge is -2.41. The molecule has 19 heavy (non-hydrogen) atoms. The van der Waals surface area contributed by atoms with E-state index >= 15 is 0 Å². The van der Waals surface area contributed by atoms with Crippen LogP contribution in [0.25, 0.3) is 0 Å². The first kappa shape index (κ1) is 14.5. The molecule has 0 aromatic heterocycles. The quantitative estimate of drug-likeness (QED) is 0.873. The summed E-state index contributed by atoms with van der Waals surface area (Å²) in [5, 5.41) is 3.59. The van der Waals surface area contributed by atoms with E-state index in [1.807, 2.05) is 0 Å². The van der Waals surface area contributed by atoms with Crippen LogP contribution in [0, 0.1) is 0 Å². The Morgan fingerprint density at radius 3 is 2.53 bits per heavy atom. The van der Waals surface area contributed by atoms with Gasteiger partial charge in [-0.05, 0) is 43.4 Å². The highest BCUT2D eigenvalue weighted by Crippen LogP contribution is 2.38. The van der Waals surface area contributed by atoms with Crippen LogP contribution >= 0.6 is 0 Å². The van der Waals surface area contributed by atoms with Gasteiger partial charge in [-0.1, -0.05) is 45.0 Å². The predicted molar refractivity (Wildman–Crippen MR) is 80.4 cm³/mol. The minimum atomic E-state index is -0.0860. The van der Waals surface area contributed by atoms with E-state index in [4.69, 9.17) is 4.74 Å². The van der Waals surface area contributed by atoms with E-state index in [-0.39, 0.29) is 5.60 Å². The Morgan fingerprint density at radius 2 is 1.95 bits per heavy atom. The normalized spacial score (nSPS) is 27.4. The van der Waals surface area contributed by atoms with Crippen molar-refractivity contribution in [1.82, 2.24) is 5.32 Å². The van der Waals surface area contributed by atoms with Crippen LogP contribution in [0.2, 0.25) is 0 Å². The fourth-order valence-electron chi connectivity index (χ4n) is 3.11. The molecular weight excluding hydrogens is 234 g/mol. The van der Waals surface area contributed by atoms with Crippen molar-refractivity contribution >= 4 is 0 Å². The maximum absolute atomic E-state index is 6.21. The first-order chi connectivity index (χ1) is 9.24. The van der Waals surface area contributed by atoms with Crippen molar-refractivity contribution in [3.8, 4) is 0 Å². The smallest absolute Gasteiger partial charge is 0.0943 e. The van der Waals surface area contributed by atoms with Crippen LogP contribution in [0.15, 0.2) is 24.3 Å². The van der Waals surface area contributed by atoms with Crippen LogP contribution in [0.1, 0.15) is 51.2 Å². The standard InChI is InChI=1S/C17H27NO/c1-4-14-7-9-15(10-8-14)17(5-2)13-16(18-6-3)11-12-19-17/h7-10,16,18H,4-6,11-13H2,1-3H3. The van der Waals surface area contributed by atoms with E-state index in [2.05, 4.69) is 50.4 Å². The molecule has 1 aromatic carbocycles. The number of benzene rings is 1. The lowest BCUT2D eigenvalue weighted by molar-refractivity contribution is -0.0966. The van der Waals surface area contributed by atoms with Gasteiger partial charge in [-0.25, -0.2) is 0 Å². The Bertz CT molecular complexity index is 385. The van der Waals surface area contributed by atoms with Gasteiger partial charge in [0, 0.05) is 12.6 Å². The fraction of sp³-hybridized carbons (Fsp3) is 0.647. The summed E-state index contributed by atoms with van der Waals surface area (Å²) in [5.41, 5.74) is 2.65. The Morgan fingerprint density at radius 1 is 1.21 bits per heavy atom. The molecule has 106 valence electrons. The Kier molecular flexibility index (Phi) is 5.00. The van der Waals surface area contributed by atoms with E-state index in [1.165, 1.54) is 11.1 Å². The molecule has 2 nitrogen and oxygen atoms in total. The maximum Gasteiger partial charge on any atom is 0.0943 e. The van der Waals surface area contributed by atoms with Gasteiger partial charge in [0.25, 0.3) is 0 Å². The van der Waals surface area contributed by atoms with Crippen molar-refractivity contribution < 1.29 is 4.74 Å². The summed E-state index contributed by atoms with van der Waals surface area (Å²) in [6.07, 6.45) is 4.35. The third-order valence-corrected chi connectivity index (χ3v) is 4.37. The predicted octanol–water partition coefficient (Wildman–Crippen LogP) is 3.64. The van der Waals surface area contributed by atoms with E-state index in [0.717, 1.165) is 38.8 Å². The molecule has 1 aromatic rings. The highest BCUT2D eigenvalue weighted by atomic mass is 16.5. The lowest BCUT2D eigenvalue weighted by atomic mass is 9.81. The molecule has 0 aliphatic carbocycles. The summed E-state index contributed by atoms with van der Waals surface area (Å²) in [6.45, 7) is 8.52. The van der Waals surface area contributed by atoms with Crippen molar-refractivity contribution in [2.75, 3.05) is 13.2 Å². The molecular formula is C17H27NO. The summed E-state index contributed by atoms with van der Waals surface area (Å²) in [6, 6.07) is 9.59. The first-order valence-electron chi connectivity index (χ1n) is 7.70. The Balaban J connectivity index is 2.20. The minimum Gasteiger partial charge on any atom is -0.370 e. The van der Waals surface area contributed by atoms with E-state index in [9.17, 15) is 0 Å². The molecule has 1 aliphatic rings. The number of rotatable bonds is 5. The van der Waals surface area contributed by atoms with Crippen molar-refractivity contribution in [2.24, 2.45) is 0 Å². The van der Waals surface area contributed by atoms with Crippen molar-refractivity contribution in [3.63, 3.8) is 0 Å². The van der Waals surface area contributed by atoms with Crippen LogP contribution in [-0.2, 0) is 16.8 Å². The fourth-order valence-corrected chi connectivity index (χ4v) is 3.11. The molecule has 2 atom stereocenters. The molecule has 1 N–H and O–H groups in total. The summed E-state index contributed by atoms with van der Waals surface area (Å²) >= 11 is 0. The Labute approximate surface area is 117 Å². The molecule has 0 amide bonds. The number of hydrogen-bond acceptors (Lipinski definition) is 2. The topological polar surface area (TPSA) is 21.3 Å². The van der Waals surface area contributed by atoms with Crippen molar-refractivity contribution in [2.45, 2.75) is 58.1 Å². The maximum atomic E-state index is 6.21. The molecule has 0 radical (unpaired) electrons. The van der Waals surface area contributed by atoms with Gasteiger partial charge in [0.15, 0.2) is 0 Å². The highest BCUT2D eigenvalue weighted by Gasteiger charge is 2.37. The lowest BCUT2D eigenvalue weighted by Crippen LogP contribution is -2.45. The van der Waals surface area contributed by atoms with Gasteiger partial charge in [-0.2, -0.15) is 0 Å². The van der Waals surface area contributed by atoms with Crippen molar-refractivity contribution in [1.29, 1.82) is 0 Å². The van der Waals surface area contributed by atoms with Gasteiger partial charge < -0.3 is 10.1 Å². The van der Waals surface area contributed by atoms with E-state index in [1.54, 1.807) is 0 Å². The number of nitrogens with one attached hydrogen (secondary N) is 1. The number of ether oxygens (including phenoxy) is 1. The highest BCUT2D eigenvalue weighted by molar-refractivity contribution is 5.28. The zero-order chi connectivity index (χ0) is 13.7. The number of hydrogen-bond donors (Lipinski definition) is 1. The van der Waals surface area contributed by atoms with Gasteiger partial charge in [-0.3, -0.25) is 0 Å². The first-order valence-corrected chi connectivity index (χ1v) is 7.70. The minimum absolute atomic E-state index is 0.0860. The van der Waals surface area contributed by atoms with Crippen LogP contribution in [0.3, 0.4) is 0 Å². The van der Waals surface area contributed by atoms with Gasteiger partial charge >= 0.3 is 0 Å². The molecule has 1 heterocycles. The van der Waals surface area contributed by atoms with Crippen molar-refractivity contribution in [3.05, 3.63) is 35.4 Å². The van der Waals surface area contributed by atoms with E-state index in [0.29, 0.717) is 6.04 Å². The number of aryl methyl sites for hydroxylation is 1. The van der Waals surface area contributed by atoms with E-state index < -0.39 is 0 Å². The summed E-state index contributed by atoms with van der Waals surface area (Å²) in [5.74, 6) is 0. The molecule has 0 bridgehead atoms. The van der Waals surface area contributed by atoms with Crippen LogP contribution in [-0.4, -0.2) is 19.2 Å². The second-order valence-corrected chi connectivity index (χ2v) is 5.49. The third kappa shape index (κ3) is 3.18. The zero-order valence-electron chi connectivity index (χ0n) is 12.5. The van der Waals surface area contributed by atoms with Crippen LogP contribution in [0.4, 0.5) is 0 Å². The molecule has 0 spiro atoms. The molecule has 1 fully saturated rings. The summed E-state index contributed by atoms with van der Waals surface area (Å²) in [7, 11) is 0. The van der Waals surface area contributed by atoms with Gasteiger partial charge in [0.1, 0.15) is 0 Å². The SMILES string of the molecule is CCNC1CCOC(CC)(c2ccc(CC)cc2)C1. The zero-order valence-corrected chi connectivity index (χ0v) is 12.5. The second kappa shape index (κ2) is 6.53. The van der Waals surface area contributed by atoms with Gasteiger partial charge in [-0.15, -0.1) is 0 Å². The monoisotopic (exact) mass is 261 g/mol. The molecule has 1 aliphatic heterocycles. The molecule has 2 unspecified atom stereocenters. The molecule has 0 saturated carbocycles. The van der Waals surface area contributed by atoms with Gasteiger partial charge in [0.2, 0.25) is 0 Å². The Hall–Kier alpha value is -0.860. The van der Waals surface area contributed by atoms with Gasteiger partial charge in [0.05, 0.1) is 5.60 Å². The average molecular weight is 261 g/mol.